The fourth-order valence-electron chi connectivity index (χ4n) is 0.671. The molecule has 0 unspecified atom stereocenters. The van der Waals surface area contributed by atoms with Crippen molar-refractivity contribution in [3.8, 4) is 0 Å². The van der Waals surface area contributed by atoms with Gasteiger partial charge in [0, 0.05) is 0 Å². The molecule has 4 atom stereocenters. The Kier molecular flexibility index (Phi) is 5.31. The molecule has 0 heterocycles. The van der Waals surface area contributed by atoms with Crippen molar-refractivity contribution in [2.75, 3.05) is 13.2 Å². The van der Waals surface area contributed by atoms with Gasteiger partial charge in [0.05, 0.1) is 13.2 Å². The first-order valence-corrected chi connectivity index (χ1v) is 3.48. The van der Waals surface area contributed by atoms with Gasteiger partial charge in [-0.05, 0) is 0 Å². The summed E-state index contributed by atoms with van der Waals surface area (Å²) in [6.07, 6.45) is -6.39. The molecular formula is C6H14O6. The maximum Gasteiger partial charge on any atom is 0.111 e. The Hall–Kier alpha value is -0.240. The van der Waals surface area contributed by atoms with E-state index in [1.54, 1.807) is 0 Å². The molecule has 12 heavy (non-hydrogen) atoms. The maximum absolute atomic E-state index is 8.96. The van der Waals surface area contributed by atoms with Gasteiger partial charge in [-0.3, -0.25) is 0 Å². The maximum atomic E-state index is 8.96. The SMILES string of the molecule is O[14CH2][14C@@H](O)[14C@H](O)[14C@@H](O)[14C@@H](O)[14CH2]O. The molecule has 0 saturated heterocycles. The minimum Gasteiger partial charge on any atom is -0.394 e. The smallest absolute Gasteiger partial charge is 0.111 e. The molecule has 0 aliphatic carbocycles. The summed E-state index contributed by atoms with van der Waals surface area (Å²) in [5.41, 5.74) is 0. The average molecular weight is 194 g/mol. The molecule has 74 valence electrons. The van der Waals surface area contributed by atoms with Crippen LogP contribution >= 0.6 is 0 Å². The van der Waals surface area contributed by atoms with Gasteiger partial charge in [-0.1, -0.05) is 0 Å². The highest BCUT2D eigenvalue weighted by Gasteiger charge is 2.29. The fraction of sp³-hybridized carbons (Fsp3) is 1.00. The van der Waals surface area contributed by atoms with Gasteiger partial charge < -0.3 is 30.6 Å². The van der Waals surface area contributed by atoms with E-state index in [9.17, 15) is 0 Å². The Morgan fingerprint density at radius 1 is 0.667 bits per heavy atom. The highest BCUT2D eigenvalue weighted by Crippen LogP contribution is 2.03. The Balaban J connectivity index is 3.99. The van der Waals surface area contributed by atoms with Crippen molar-refractivity contribution in [3.63, 3.8) is 0 Å². The van der Waals surface area contributed by atoms with Crippen LogP contribution in [-0.4, -0.2) is 68.3 Å². The molecule has 0 aromatic heterocycles. The summed E-state index contributed by atoms with van der Waals surface area (Å²) < 4.78 is 0. The van der Waals surface area contributed by atoms with Gasteiger partial charge in [0.15, 0.2) is 0 Å². The standard InChI is InChI=1S/C6H14O6/c7-1-3(9)5(11)6(12)4(10)2-8/h3-12H,1-2H2/t3-,4+,5-,6-/m0/s1/i1+2,2+2,3+2,4+2,5+2,6+2. The number of hydrogen-bond donors (Lipinski definition) is 6. The summed E-state index contributed by atoms with van der Waals surface area (Å²) in [5.74, 6) is 0. The topological polar surface area (TPSA) is 121 Å². The third-order valence-electron chi connectivity index (χ3n) is 1.51. The van der Waals surface area contributed by atoms with E-state index >= 15 is 0 Å². The number of hydrogen-bond acceptors (Lipinski definition) is 6. The van der Waals surface area contributed by atoms with E-state index in [1.807, 2.05) is 0 Å². The zero-order chi connectivity index (χ0) is 9.72. The van der Waals surface area contributed by atoms with Crippen molar-refractivity contribution >= 4 is 0 Å². The van der Waals surface area contributed by atoms with E-state index in [0.717, 1.165) is 0 Å². The van der Waals surface area contributed by atoms with E-state index < -0.39 is 37.6 Å². The predicted molar refractivity (Wildman–Crippen MR) is 38.2 cm³/mol. The van der Waals surface area contributed by atoms with Crippen LogP contribution in [0.4, 0.5) is 0 Å². The zero-order valence-corrected chi connectivity index (χ0v) is 6.41. The second-order valence-corrected chi connectivity index (χ2v) is 2.48. The molecule has 0 radical (unpaired) electrons. The van der Waals surface area contributed by atoms with Gasteiger partial charge in [0.2, 0.25) is 0 Å². The molecule has 0 rings (SSSR count). The van der Waals surface area contributed by atoms with Crippen LogP contribution in [0.15, 0.2) is 0 Å². The Bertz CT molecular complexity index is 105. The van der Waals surface area contributed by atoms with Crippen LogP contribution in [0.2, 0.25) is 0 Å². The minimum absolute atomic E-state index is 0.726. The lowest BCUT2D eigenvalue weighted by Gasteiger charge is -2.24. The summed E-state index contributed by atoms with van der Waals surface area (Å²) in [6.45, 7) is -1.45. The lowest BCUT2D eigenvalue weighted by molar-refractivity contribution is -0.123. The molecule has 0 aliphatic heterocycles. The van der Waals surface area contributed by atoms with E-state index in [-0.39, 0.29) is 0 Å². The third-order valence-corrected chi connectivity index (χ3v) is 1.51. The van der Waals surface area contributed by atoms with Gasteiger partial charge >= 0.3 is 0 Å². The van der Waals surface area contributed by atoms with Crippen molar-refractivity contribution in [3.05, 3.63) is 0 Å². The first-order valence-electron chi connectivity index (χ1n) is 3.48. The lowest BCUT2D eigenvalue weighted by atomic mass is 12.0. The van der Waals surface area contributed by atoms with E-state index in [1.165, 1.54) is 0 Å². The first kappa shape index (κ1) is 11.8. The van der Waals surface area contributed by atoms with Crippen LogP contribution < -0.4 is 0 Å². The summed E-state index contributed by atoms with van der Waals surface area (Å²) in [5, 5.41) is 52.2. The number of aliphatic hydroxyl groups excluding tert-OH is 6. The van der Waals surface area contributed by atoms with Gasteiger partial charge in [-0.2, -0.15) is 0 Å². The molecule has 0 aromatic rings. The first-order chi connectivity index (χ1) is 5.54. The minimum atomic E-state index is -1.67. The van der Waals surface area contributed by atoms with Crippen molar-refractivity contribution in [2.45, 2.75) is 24.4 Å². The fourth-order valence-corrected chi connectivity index (χ4v) is 0.671. The van der Waals surface area contributed by atoms with Crippen molar-refractivity contribution in [2.24, 2.45) is 0 Å². The highest BCUT2D eigenvalue weighted by atomic mass is 16.9. The largest absolute Gasteiger partial charge is 0.394 e. The second kappa shape index (κ2) is 5.41. The lowest BCUT2D eigenvalue weighted by Crippen LogP contribution is -2.46. The van der Waals surface area contributed by atoms with E-state index in [4.69, 9.17) is 30.6 Å². The molecule has 0 saturated carbocycles. The zero-order valence-electron chi connectivity index (χ0n) is 6.41. The summed E-state index contributed by atoms with van der Waals surface area (Å²) in [7, 11) is 0. The van der Waals surface area contributed by atoms with Crippen molar-refractivity contribution in [1.82, 2.24) is 0 Å². The summed E-state index contributed by atoms with van der Waals surface area (Å²) in [6, 6.07) is 0. The molecule has 6 nitrogen and oxygen atoms in total. The molecule has 0 bridgehead atoms. The monoisotopic (exact) mass is 194 g/mol. The Labute approximate surface area is 69.3 Å². The van der Waals surface area contributed by atoms with Crippen LogP contribution in [0.3, 0.4) is 0 Å². The van der Waals surface area contributed by atoms with Gasteiger partial charge in [-0.25, -0.2) is 0 Å². The molecule has 6 N–H and O–H groups in total. The second-order valence-electron chi connectivity index (χ2n) is 2.48. The van der Waals surface area contributed by atoms with Crippen LogP contribution in [0.1, 0.15) is 0 Å². The van der Waals surface area contributed by atoms with Crippen LogP contribution in [0, 0.1) is 0 Å². The molecule has 6 heteroatoms. The van der Waals surface area contributed by atoms with Crippen LogP contribution in [0.25, 0.3) is 0 Å². The molecule has 0 spiro atoms. The third kappa shape index (κ3) is 3.02. The normalized spacial score (nSPS) is 21.5. The van der Waals surface area contributed by atoms with Crippen LogP contribution in [0.5, 0.6) is 0 Å². The van der Waals surface area contributed by atoms with Gasteiger partial charge in [0.25, 0.3) is 0 Å². The highest BCUT2D eigenvalue weighted by molar-refractivity contribution is 4.79. The van der Waals surface area contributed by atoms with Crippen molar-refractivity contribution in [1.29, 1.82) is 0 Å². The Morgan fingerprint density at radius 2 is 0.917 bits per heavy atom. The quantitative estimate of drug-likeness (QED) is 0.269. The number of aliphatic hydroxyl groups is 6. The molecule has 0 fully saturated rings. The van der Waals surface area contributed by atoms with Crippen molar-refractivity contribution < 1.29 is 30.6 Å². The molecule has 0 aliphatic rings. The van der Waals surface area contributed by atoms with Gasteiger partial charge in [0.1, 0.15) is 24.4 Å². The average Bonchev–Trinajstić information content (AvgIpc) is 2.12. The molecule has 0 amide bonds. The van der Waals surface area contributed by atoms with E-state index in [2.05, 4.69) is 0 Å². The number of rotatable bonds is 5. The summed E-state index contributed by atoms with van der Waals surface area (Å²) in [4.78, 5) is 0. The van der Waals surface area contributed by atoms with E-state index in [0.29, 0.717) is 0 Å². The van der Waals surface area contributed by atoms with Crippen LogP contribution in [-0.2, 0) is 0 Å². The molecule has 0 aromatic carbocycles. The Morgan fingerprint density at radius 3 is 1.08 bits per heavy atom. The summed E-state index contributed by atoms with van der Waals surface area (Å²) >= 11 is 0. The van der Waals surface area contributed by atoms with Gasteiger partial charge in [-0.15, -0.1) is 0 Å². The molecular weight excluding hydrogens is 180 g/mol. The predicted octanol–water partition coefficient (Wildman–Crippen LogP) is -3.59.